The average Bonchev–Trinajstić information content (AvgIpc) is 2.66. The molecule has 1 aliphatic heterocycles. The Labute approximate surface area is 158 Å². The number of primary amides is 1. The van der Waals surface area contributed by atoms with E-state index in [1.807, 2.05) is 0 Å². The molecule has 150 valence electrons. The number of halogens is 3. The Hall–Kier alpha value is -2.81. The number of amides is 1. The molecule has 1 aromatic carbocycles. The minimum Gasteiger partial charge on any atom is -0.493 e. The summed E-state index contributed by atoms with van der Waals surface area (Å²) in [6.45, 7) is 1.83. The molecule has 1 aliphatic rings. The van der Waals surface area contributed by atoms with Crippen molar-refractivity contribution in [2.24, 2.45) is 11.7 Å². The topological polar surface area (TPSA) is 94.4 Å². The van der Waals surface area contributed by atoms with Crippen molar-refractivity contribution >= 4 is 5.91 Å². The second-order valence-corrected chi connectivity index (χ2v) is 6.58. The van der Waals surface area contributed by atoms with Gasteiger partial charge in [0.05, 0.1) is 13.2 Å². The Morgan fingerprint density at radius 3 is 2.57 bits per heavy atom. The van der Waals surface area contributed by atoms with Crippen molar-refractivity contribution in [3.8, 4) is 16.9 Å². The van der Waals surface area contributed by atoms with E-state index in [0.29, 0.717) is 19.0 Å². The molecular weight excluding hydrogens is 377 g/mol. The highest BCUT2D eigenvalue weighted by Crippen LogP contribution is 2.35. The van der Waals surface area contributed by atoms with Crippen molar-refractivity contribution in [1.82, 2.24) is 4.98 Å². The number of nitrogens with two attached hydrogens (primary N) is 1. The first-order valence-corrected chi connectivity index (χ1v) is 8.71. The predicted octanol–water partition coefficient (Wildman–Crippen LogP) is 2.97. The van der Waals surface area contributed by atoms with Crippen molar-refractivity contribution in [3.63, 3.8) is 0 Å². The third-order valence-corrected chi connectivity index (χ3v) is 4.50. The Kier molecular flexibility index (Phi) is 5.73. The van der Waals surface area contributed by atoms with Gasteiger partial charge in [0.2, 0.25) is 0 Å². The Balaban J connectivity index is 1.86. The molecule has 6 nitrogen and oxygen atoms in total. The SMILES string of the molecule is NC(=O)c1cc(-c2ccc(OCC3CCCOC3)cc2)c(C(F)(F)F)[nH]c1=O. The number of benzene rings is 1. The van der Waals surface area contributed by atoms with E-state index in [1.54, 1.807) is 4.98 Å². The van der Waals surface area contributed by atoms with E-state index >= 15 is 0 Å². The van der Waals surface area contributed by atoms with Crippen LogP contribution in [-0.4, -0.2) is 30.7 Å². The summed E-state index contributed by atoms with van der Waals surface area (Å²) in [6.07, 6.45) is -2.83. The van der Waals surface area contributed by atoms with E-state index in [-0.39, 0.29) is 17.0 Å². The third-order valence-electron chi connectivity index (χ3n) is 4.50. The van der Waals surface area contributed by atoms with Gasteiger partial charge in [-0.1, -0.05) is 12.1 Å². The molecule has 0 aliphatic carbocycles. The van der Waals surface area contributed by atoms with E-state index in [9.17, 15) is 22.8 Å². The zero-order valence-electron chi connectivity index (χ0n) is 14.8. The Morgan fingerprint density at radius 2 is 2.00 bits per heavy atom. The number of hydrogen-bond acceptors (Lipinski definition) is 4. The van der Waals surface area contributed by atoms with Crippen LogP contribution >= 0.6 is 0 Å². The Morgan fingerprint density at radius 1 is 1.29 bits per heavy atom. The van der Waals surface area contributed by atoms with Crippen LogP contribution in [0.15, 0.2) is 35.1 Å². The second kappa shape index (κ2) is 8.05. The molecule has 2 heterocycles. The van der Waals surface area contributed by atoms with Gasteiger partial charge in [-0.3, -0.25) is 9.59 Å². The fourth-order valence-electron chi connectivity index (χ4n) is 3.05. The van der Waals surface area contributed by atoms with Gasteiger partial charge in [0, 0.05) is 18.1 Å². The van der Waals surface area contributed by atoms with Crippen molar-refractivity contribution in [3.05, 3.63) is 51.9 Å². The van der Waals surface area contributed by atoms with Gasteiger partial charge in [-0.15, -0.1) is 0 Å². The summed E-state index contributed by atoms with van der Waals surface area (Å²) < 4.78 is 51.0. The second-order valence-electron chi connectivity index (χ2n) is 6.58. The number of carbonyl (C=O) groups excluding carboxylic acids is 1. The number of aromatic amines is 1. The molecule has 0 radical (unpaired) electrons. The summed E-state index contributed by atoms with van der Waals surface area (Å²) in [4.78, 5) is 24.8. The van der Waals surface area contributed by atoms with E-state index in [0.717, 1.165) is 25.5 Å². The highest BCUT2D eigenvalue weighted by molar-refractivity contribution is 5.93. The molecule has 28 heavy (non-hydrogen) atoms. The van der Waals surface area contributed by atoms with Crippen LogP contribution in [-0.2, 0) is 10.9 Å². The molecule has 1 fully saturated rings. The largest absolute Gasteiger partial charge is 0.493 e. The standard InChI is InChI=1S/C19H19F3N2O4/c20-19(21,22)16-14(8-15(17(23)25)18(26)24-16)12-3-5-13(6-4-12)28-10-11-2-1-7-27-9-11/h3-6,8,11H,1-2,7,9-10H2,(H2,23,25)(H,24,26). The minimum atomic E-state index is -4.80. The average molecular weight is 396 g/mol. The van der Waals surface area contributed by atoms with Gasteiger partial charge in [0.25, 0.3) is 11.5 Å². The first kappa shape index (κ1) is 19.9. The number of ether oxygens (including phenoxy) is 2. The summed E-state index contributed by atoms with van der Waals surface area (Å²) in [6, 6.07) is 6.79. The maximum Gasteiger partial charge on any atom is 0.431 e. The van der Waals surface area contributed by atoms with Gasteiger partial charge in [0.1, 0.15) is 17.0 Å². The molecule has 0 spiro atoms. The summed E-state index contributed by atoms with van der Waals surface area (Å²) in [5.74, 6) is -0.323. The maximum absolute atomic E-state index is 13.3. The smallest absolute Gasteiger partial charge is 0.431 e. The van der Waals surface area contributed by atoms with Gasteiger partial charge >= 0.3 is 6.18 Å². The van der Waals surface area contributed by atoms with E-state index in [1.165, 1.54) is 24.3 Å². The monoisotopic (exact) mass is 396 g/mol. The third kappa shape index (κ3) is 4.53. The van der Waals surface area contributed by atoms with Gasteiger partial charge in [-0.25, -0.2) is 0 Å². The summed E-state index contributed by atoms with van der Waals surface area (Å²) in [7, 11) is 0. The first-order valence-electron chi connectivity index (χ1n) is 8.71. The summed E-state index contributed by atoms with van der Waals surface area (Å²) in [5.41, 5.74) is 1.95. The summed E-state index contributed by atoms with van der Waals surface area (Å²) in [5, 5.41) is 0. The highest BCUT2D eigenvalue weighted by atomic mass is 19.4. The van der Waals surface area contributed by atoms with Crippen LogP contribution in [0.3, 0.4) is 0 Å². The first-order chi connectivity index (χ1) is 13.3. The normalized spacial score (nSPS) is 17.3. The lowest BCUT2D eigenvalue weighted by molar-refractivity contribution is -0.140. The molecular formula is C19H19F3N2O4. The lowest BCUT2D eigenvalue weighted by Crippen LogP contribution is -2.27. The lowest BCUT2D eigenvalue weighted by atomic mass is 10.0. The van der Waals surface area contributed by atoms with Crippen LogP contribution in [0.1, 0.15) is 28.9 Å². The predicted molar refractivity (Wildman–Crippen MR) is 95.1 cm³/mol. The van der Waals surface area contributed by atoms with E-state index in [2.05, 4.69) is 0 Å². The number of H-pyrrole nitrogens is 1. The van der Waals surface area contributed by atoms with Crippen molar-refractivity contribution in [2.75, 3.05) is 19.8 Å². The molecule has 0 bridgehead atoms. The van der Waals surface area contributed by atoms with Crippen LogP contribution < -0.4 is 16.0 Å². The molecule has 1 unspecified atom stereocenters. The fraction of sp³-hybridized carbons (Fsp3) is 0.368. The molecule has 3 rings (SSSR count). The van der Waals surface area contributed by atoms with Crippen LogP contribution in [0.5, 0.6) is 5.75 Å². The Bertz CT molecular complexity index is 901. The quantitative estimate of drug-likeness (QED) is 0.813. The van der Waals surface area contributed by atoms with Crippen LogP contribution in [0, 0.1) is 5.92 Å². The number of aromatic nitrogens is 1. The van der Waals surface area contributed by atoms with E-state index in [4.69, 9.17) is 15.2 Å². The zero-order chi connectivity index (χ0) is 20.3. The summed E-state index contributed by atoms with van der Waals surface area (Å²) >= 11 is 0. The fourth-order valence-corrected chi connectivity index (χ4v) is 3.05. The number of rotatable bonds is 5. The number of carbonyl (C=O) groups is 1. The minimum absolute atomic E-state index is 0.166. The van der Waals surface area contributed by atoms with Gasteiger partial charge in [-0.05, 0) is 36.6 Å². The van der Waals surface area contributed by atoms with Gasteiger partial charge in [0.15, 0.2) is 0 Å². The van der Waals surface area contributed by atoms with Crippen LogP contribution in [0.25, 0.3) is 11.1 Å². The van der Waals surface area contributed by atoms with Crippen molar-refractivity contribution in [2.45, 2.75) is 19.0 Å². The number of pyridine rings is 1. The molecule has 1 amide bonds. The van der Waals surface area contributed by atoms with Gasteiger partial charge in [-0.2, -0.15) is 13.2 Å². The molecule has 0 saturated carbocycles. The molecule has 1 atom stereocenters. The van der Waals surface area contributed by atoms with Crippen molar-refractivity contribution < 1.29 is 27.4 Å². The number of alkyl halides is 3. The molecule has 9 heteroatoms. The molecule has 3 N–H and O–H groups in total. The number of hydrogen-bond donors (Lipinski definition) is 2. The molecule has 1 aromatic heterocycles. The van der Waals surface area contributed by atoms with Gasteiger partial charge < -0.3 is 20.2 Å². The number of nitrogens with one attached hydrogen (secondary N) is 1. The lowest BCUT2D eigenvalue weighted by Gasteiger charge is -2.22. The van der Waals surface area contributed by atoms with E-state index < -0.39 is 28.9 Å². The van der Waals surface area contributed by atoms with Crippen LogP contribution in [0.2, 0.25) is 0 Å². The molecule has 1 saturated heterocycles. The van der Waals surface area contributed by atoms with Crippen LogP contribution in [0.4, 0.5) is 13.2 Å². The molecule has 2 aromatic rings. The maximum atomic E-state index is 13.3. The van der Waals surface area contributed by atoms with Crippen molar-refractivity contribution in [1.29, 1.82) is 0 Å². The zero-order valence-corrected chi connectivity index (χ0v) is 14.8. The highest BCUT2D eigenvalue weighted by Gasteiger charge is 2.36.